The van der Waals surface area contributed by atoms with Gasteiger partial charge in [0.15, 0.2) is 0 Å². The van der Waals surface area contributed by atoms with E-state index in [-0.39, 0.29) is 0 Å². The first-order valence-corrected chi connectivity index (χ1v) is 6.82. The van der Waals surface area contributed by atoms with Crippen LogP contribution in [0.2, 0.25) is 4.34 Å². The van der Waals surface area contributed by atoms with E-state index in [2.05, 4.69) is 23.3 Å². The van der Waals surface area contributed by atoms with Gasteiger partial charge in [0.2, 0.25) is 0 Å². The van der Waals surface area contributed by atoms with Gasteiger partial charge in [-0.2, -0.15) is 0 Å². The number of hydrogen-bond donors (Lipinski definition) is 1. The predicted molar refractivity (Wildman–Crippen MR) is 73.7 cm³/mol. The van der Waals surface area contributed by atoms with Crippen molar-refractivity contribution in [2.75, 3.05) is 6.54 Å². The van der Waals surface area contributed by atoms with Gasteiger partial charge in [-0.25, -0.2) is 0 Å². The largest absolute Gasteiger partial charge is 0.309 e. The van der Waals surface area contributed by atoms with E-state index in [0.717, 1.165) is 17.3 Å². The van der Waals surface area contributed by atoms with Crippen LogP contribution in [0.15, 0.2) is 36.7 Å². The highest BCUT2D eigenvalue weighted by Crippen LogP contribution is 2.26. The second-order valence-corrected chi connectivity index (χ2v) is 5.67. The lowest BCUT2D eigenvalue weighted by atomic mass is 10.2. The summed E-state index contributed by atoms with van der Waals surface area (Å²) in [5.74, 6) is 0. The fraction of sp³-hybridized carbons (Fsp3) is 0.308. The molecule has 0 saturated heterocycles. The summed E-state index contributed by atoms with van der Waals surface area (Å²) >= 11 is 7.55. The average molecular weight is 267 g/mol. The Balaban J connectivity index is 1.79. The van der Waals surface area contributed by atoms with Crippen molar-refractivity contribution < 1.29 is 0 Å². The second kappa shape index (κ2) is 6.15. The first-order chi connectivity index (χ1) is 8.25. The van der Waals surface area contributed by atoms with Crippen LogP contribution in [0.25, 0.3) is 0 Å². The highest BCUT2D eigenvalue weighted by atomic mass is 35.5. The Morgan fingerprint density at radius 3 is 2.71 bits per heavy atom. The lowest BCUT2D eigenvalue weighted by molar-refractivity contribution is 0.584. The minimum atomic E-state index is 0.356. The number of halogens is 1. The topological polar surface area (TPSA) is 24.9 Å². The molecule has 2 rings (SSSR count). The average Bonchev–Trinajstić information content (AvgIpc) is 2.77. The predicted octanol–water partition coefficient (Wildman–Crippen LogP) is 3.69. The summed E-state index contributed by atoms with van der Waals surface area (Å²) in [6, 6.07) is 8.48. The van der Waals surface area contributed by atoms with Crippen LogP contribution in [-0.2, 0) is 6.42 Å². The smallest absolute Gasteiger partial charge is 0.0931 e. The zero-order valence-electron chi connectivity index (χ0n) is 9.69. The van der Waals surface area contributed by atoms with E-state index in [1.54, 1.807) is 11.3 Å². The van der Waals surface area contributed by atoms with Crippen LogP contribution in [0.1, 0.15) is 23.4 Å². The van der Waals surface area contributed by atoms with Crippen LogP contribution in [0.3, 0.4) is 0 Å². The van der Waals surface area contributed by atoms with Crippen LogP contribution in [0.4, 0.5) is 0 Å². The van der Waals surface area contributed by atoms with Crippen molar-refractivity contribution in [3.63, 3.8) is 0 Å². The molecule has 1 unspecified atom stereocenters. The summed E-state index contributed by atoms with van der Waals surface area (Å²) in [6.45, 7) is 3.12. The van der Waals surface area contributed by atoms with Crippen molar-refractivity contribution >= 4 is 22.9 Å². The van der Waals surface area contributed by atoms with Gasteiger partial charge in [0.25, 0.3) is 0 Å². The zero-order valence-corrected chi connectivity index (χ0v) is 11.3. The van der Waals surface area contributed by atoms with Crippen LogP contribution in [0.5, 0.6) is 0 Å². The molecule has 0 radical (unpaired) electrons. The molecule has 2 aromatic rings. The molecule has 0 spiro atoms. The molecule has 0 aliphatic carbocycles. The summed E-state index contributed by atoms with van der Waals surface area (Å²) in [6.07, 6.45) is 4.68. The molecular weight excluding hydrogens is 252 g/mol. The van der Waals surface area contributed by atoms with E-state index in [0.29, 0.717) is 6.04 Å². The highest BCUT2D eigenvalue weighted by Gasteiger charge is 2.06. The van der Waals surface area contributed by atoms with Crippen LogP contribution >= 0.6 is 22.9 Å². The Morgan fingerprint density at radius 2 is 2.06 bits per heavy atom. The number of aromatic nitrogens is 1. The molecule has 2 aromatic heterocycles. The highest BCUT2D eigenvalue weighted by molar-refractivity contribution is 7.16. The SMILES string of the molecule is CC(NCCc1ccncc1)c1ccc(Cl)s1. The summed E-state index contributed by atoms with van der Waals surface area (Å²) in [5, 5.41) is 3.49. The van der Waals surface area contributed by atoms with Crippen molar-refractivity contribution in [2.45, 2.75) is 19.4 Å². The molecule has 0 aliphatic rings. The molecule has 0 fully saturated rings. The number of rotatable bonds is 5. The Labute approximate surface area is 111 Å². The molecule has 1 N–H and O–H groups in total. The maximum Gasteiger partial charge on any atom is 0.0931 e. The number of nitrogens with zero attached hydrogens (tertiary/aromatic N) is 1. The summed E-state index contributed by atoms with van der Waals surface area (Å²) < 4.78 is 0.850. The fourth-order valence-corrected chi connectivity index (χ4v) is 2.73. The zero-order chi connectivity index (χ0) is 12.1. The number of hydrogen-bond acceptors (Lipinski definition) is 3. The minimum absolute atomic E-state index is 0.356. The first-order valence-electron chi connectivity index (χ1n) is 5.63. The van der Waals surface area contributed by atoms with Gasteiger partial charge in [-0.3, -0.25) is 4.98 Å². The molecule has 2 heterocycles. The molecule has 17 heavy (non-hydrogen) atoms. The van der Waals surface area contributed by atoms with Gasteiger partial charge < -0.3 is 5.32 Å². The maximum atomic E-state index is 5.92. The van der Waals surface area contributed by atoms with Crippen molar-refractivity contribution in [1.29, 1.82) is 0 Å². The van der Waals surface area contributed by atoms with Crippen molar-refractivity contribution in [3.8, 4) is 0 Å². The third kappa shape index (κ3) is 3.80. The number of thiophene rings is 1. The molecule has 0 saturated carbocycles. The normalized spacial score (nSPS) is 12.6. The Morgan fingerprint density at radius 1 is 1.29 bits per heavy atom. The molecule has 0 amide bonds. The molecule has 2 nitrogen and oxygen atoms in total. The van der Waals surface area contributed by atoms with Crippen molar-refractivity contribution in [3.05, 3.63) is 51.4 Å². The first kappa shape index (κ1) is 12.6. The van der Waals surface area contributed by atoms with Crippen LogP contribution < -0.4 is 5.32 Å². The molecule has 0 aromatic carbocycles. The lowest BCUT2D eigenvalue weighted by Gasteiger charge is -2.11. The van der Waals surface area contributed by atoms with E-state index in [1.807, 2.05) is 30.6 Å². The molecule has 0 bridgehead atoms. The second-order valence-electron chi connectivity index (χ2n) is 3.92. The van der Waals surface area contributed by atoms with Gasteiger partial charge in [0.05, 0.1) is 4.34 Å². The summed E-state index contributed by atoms with van der Waals surface area (Å²) in [7, 11) is 0. The minimum Gasteiger partial charge on any atom is -0.309 e. The van der Waals surface area contributed by atoms with Gasteiger partial charge >= 0.3 is 0 Å². The quantitative estimate of drug-likeness (QED) is 0.893. The fourth-order valence-electron chi connectivity index (χ4n) is 1.64. The lowest BCUT2D eigenvalue weighted by Crippen LogP contribution is -2.20. The third-order valence-electron chi connectivity index (χ3n) is 2.63. The van der Waals surface area contributed by atoms with E-state index >= 15 is 0 Å². The van der Waals surface area contributed by atoms with E-state index in [9.17, 15) is 0 Å². The third-order valence-corrected chi connectivity index (χ3v) is 4.05. The van der Waals surface area contributed by atoms with Gasteiger partial charge in [-0.1, -0.05) is 11.6 Å². The Bertz CT molecular complexity index is 455. The maximum absolute atomic E-state index is 5.92. The number of nitrogens with one attached hydrogen (secondary N) is 1. The van der Waals surface area contributed by atoms with Crippen LogP contribution in [-0.4, -0.2) is 11.5 Å². The van der Waals surface area contributed by atoms with E-state index in [4.69, 9.17) is 11.6 Å². The van der Waals surface area contributed by atoms with Gasteiger partial charge in [-0.05, 0) is 49.7 Å². The van der Waals surface area contributed by atoms with E-state index in [1.165, 1.54) is 10.4 Å². The van der Waals surface area contributed by atoms with Gasteiger partial charge in [0.1, 0.15) is 0 Å². The van der Waals surface area contributed by atoms with E-state index < -0.39 is 0 Å². The van der Waals surface area contributed by atoms with Gasteiger partial charge in [0, 0.05) is 23.3 Å². The molecule has 4 heteroatoms. The number of pyridine rings is 1. The summed E-state index contributed by atoms with van der Waals surface area (Å²) in [4.78, 5) is 5.29. The van der Waals surface area contributed by atoms with Crippen molar-refractivity contribution in [1.82, 2.24) is 10.3 Å². The molecule has 90 valence electrons. The molecule has 1 atom stereocenters. The van der Waals surface area contributed by atoms with Crippen molar-refractivity contribution in [2.24, 2.45) is 0 Å². The Kier molecular flexibility index (Phi) is 4.54. The monoisotopic (exact) mass is 266 g/mol. The van der Waals surface area contributed by atoms with Gasteiger partial charge in [-0.15, -0.1) is 11.3 Å². The Hall–Kier alpha value is -0.900. The summed E-state index contributed by atoms with van der Waals surface area (Å²) in [5.41, 5.74) is 1.31. The molecular formula is C13H15ClN2S. The standard InChI is InChI=1S/C13H15ClN2S/c1-10(12-2-3-13(14)17-12)16-9-6-11-4-7-15-8-5-11/h2-5,7-8,10,16H,6,9H2,1H3. The van der Waals surface area contributed by atoms with Crippen LogP contribution in [0, 0.1) is 0 Å². The molecule has 0 aliphatic heterocycles.